The van der Waals surface area contributed by atoms with Crippen LogP contribution in [0.5, 0.6) is 0 Å². The fraction of sp³-hybridized carbons (Fsp3) is 0.909. The molecule has 0 radical (unpaired) electrons. The smallest absolute Gasteiger partial charge is 0.333 e. The van der Waals surface area contributed by atoms with Crippen molar-refractivity contribution in [2.24, 2.45) is 11.1 Å². The summed E-state index contributed by atoms with van der Waals surface area (Å²) in [5.74, 6) is -0.133. The summed E-state index contributed by atoms with van der Waals surface area (Å²) in [4.78, 5) is 11.4. The lowest BCUT2D eigenvalue weighted by atomic mass is 9.81. The van der Waals surface area contributed by atoms with Gasteiger partial charge in [0.1, 0.15) is 5.60 Å². The molecule has 0 atom stereocenters. The summed E-state index contributed by atoms with van der Waals surface area (Å²) in [6.07, 6.45) is 1.52. The molecule has 0 aromatic carbocycles. The third-order valence-corrected chi connectivity index (χ3v) is 3.12. The van der Waals surface area contributed by atoms with Gasteiger partial charge >= 0.3 is 16.3 Å². The van der Waals surface area contributed by atoms with Crippen molar-refractivity contribution in [3.63, 3.8) is 0 Å². The second-order valence-corrected chi connectivity index (χ2v) is 7.00. The first-order valence-electron chi connectivity index (χ1n) is 6.17. The Labute approximate surface area is 114 Å². The van der Waals surface area contributed by atoms with Crippen LogP contribution < -0.4 is 10.5 Å². The van der Waals surface area contributed by atoms with Crippen LogP contribution in [0.2, 0.25) is 0 Å². The van der Waals surface area contributed by atoms with Crippen LogP contribution in [0.3, 0.4) is 0 Å². The standard InChI is InChI=1S/C11H22N2O5S/c1-11(2,3)18-10(14)6-13-9-4-8(5-9)7-17-19(12,15)16/h8-9,13H,4-7H2,1-3H3,(H2,12,15,16). The van der Waals surface area contributed by atoms with Gasteiger partial charge < -0.3 is 10.1 Å². The van der Waals surface area contributed by atoms with Gasteiger partial charge in [0.15, 0.2) is 0 Å². The average molecular weight is 294 g/mol. The van der Waals surface area contributed by atoms with Crippen LogP contribution in [0.1, 0.15) is 33.6 Å². The molecule has 3 N–H and O–H groups in total. The van der Waals surface area contributed by atoms with Crippen LogP contribution >= 0.6 is 0 Å². The third-order valence-electron chi connectivity index (χ3n) is 2.66. The number of rotatable bonds is 6. The van der Waals surface area contributed by atoms with Crippen molar-refractivity contribution in [1.29, 1.82) is 0 Å². The van der Waals surface area contributed by atoms with E-state index < -0.39 is 15.9 Å². The number of esters is 1. The van der Waals surface area contributed by atoms with E-state index in [0.29, 0.717) is 0 Å². The first kappa shape index (κ1) is 16.4. The molecule has 0 amide bonds. The Morgan fingerprint density at radius 2 is 1.95 bits per heavy atom. The summed E-state index contributed by atoms with van der Waals surface area (Å²) >= 11 is 0. The molecule has 112 valence electrons. The van der Waals surface area contributed by atoms with E-state index in [2.05, 4.69) is 9.50 Å². The first-order chi connectivity index (χ1) is 8.55. The Kier molecular flexibility index (Phi) is 5.31. The zero-order chi connectivity index (χ0) is 14.7. The molecule has 0 saturated heterocycles. The number of hydrogen-bond acceptors (Lipinski definition) is 6. The Balaban J connectivity index is 2.11. The Morgan fingerprint density at radius 1 is 1.37 bits per heavy atom. The van der Waals surface area contributed by atoms with Crippen molar-refractivity contribution in [2.45, 2.75) is 45.3 Å². The van der Waals surface area contributed by atoms with E-state index >= 15 is 0 Å². The molecule has 0 spiro atoms. The Bertz CT molecular complexity index is 409. The van der Waals surface area contributed by atoms with Gasteiger partial charge in [-0.05, 0) is 39.5 Å². The topological polar surface area (TPSA) is 108 Å². The molecule has 0 aliphatic heterocycles. The highest BCUT2D eigenvalue weighted by molar-refractivity contribution is 7.84. The molecule has 0 aromatic heterocycles. The predicted molar refractivity (Wildman–Crippen MR) is 69.4 cm³/mol. The number of nitrogens with two attached hydrogens (primary N) is 1. The first-order valence-corrected chi connectivity index (χ1v) is 7.65. The maximum Gasteiger partial charge on any atom is 0.333 e. The van der Waals surface area contributed by atoms with Gasteiger partial charge in [0.2, 0.25) is 0 Å². The molecule has 1 rings (SSSR count). The quantitative estimate of drug-likeness (QED) is 0.663. The Morgan fingerprint density at radius 3 is 2.42 bits per heavy atom. The zero-order valence-corrected chi connectivity index (χ0v) is 12.3. The molecular formula is C11H22N2O5S. The molecule has 1 aliphatic carbocycles. The van der Waals surface area contributed by atoms with E-state index in [1.807, 2.05) is 20.8 Å². The van der Waals surface area contributed by atoms with Gasteiger partial charge in [0.25, 0.3) is 0 Å². The van der Waals surface area contributed by atoms with Crippen LogP contribution in [0.4, 0.5) is 0 Å². The second-order valence-electron chi connectivity index (χ2n) is 5.78. The van der Waals surface area contributed by atoms with E-state index in [4.69, 9.17) is 9.88 Å². The van der Waals surface area contributed by atoms with Gasteiger partial charge in [-0.25, -0.2) is 5.14 Å². The minimum atomic E-state index is -3.85. The maximum absolute atomic E-state index is 11.4. The summed E-state index contributed by atoms with van der Waals surface area (Å²) in [5.41, 5.74) is -0.482. The molecule has 1 fully saturated rings. The van der Waals surface area contributed by atoms with Gasteiger partial charge in [-0.15, -0.1) is 0 Å². The molecule has 0 unspecified atom stereocenters. The summed E-state index contributed by atoms with van der Waals surface area (Å²) in [6.45, 7) is 5.70. The molecule has 19 heavy (non-hydrogen) atoms. The predicted octanol–water partition coefficient (Wildman–Crippen LogP) is -0.0836. The molecule has 8 heteroatoms. The highest BCUT2D eigenvalue weighted by Gasteiger charge is 2.30. The normalized spacial score (nSPS) is 23.8. The fourth-order valence-electron chi connectivity index (χ4n) is 1.83. The lowest BCUT2D eigenvalue weighted by molar-refractivity contribution is -0.153. The summed E-state index contributed by atoms with van der Waals surface area (Å²) in [7, 11) is -3.85. The van der Waals surface area contributed by atoms with Crippen LogP contribution in [0, 0.1) is 5.92 Å². The van der Waals surface area contributed by atoms with Crippen molar-refractivity contribution in [3.8, 4) is 0 Å². The van der Waals surface area contributed by atoms with Crippen LogP contribution in [0.15, 0.2) is 0 Å². The van der Waals surface area contributed by atoms with Crippen LogP contribution in [-0.4, -0.2) is 39.2 Å². The summed E-state index contributed by atoms with van der Waals surface area (Å²) in [5, 5.41) is 7.79. The molecule has 0 bridgehead atoms. The zero-order valence-electron chi connectivity index (χ0n) is 11.5. The number of ether oxygens (including phenoxy) is 1. The molecular weight excluding hydrogens is 272 g/mol. The molecule has 7 nitrogen and oxygen atoms in total. The van der Waals surface area contributed by atoms with Gasteiger partial charge in [0.05, 0.1) is 13.2 Å². The van der Waals surface area contributed by atoms with E-state index in [1.54, 1.807) is 0 Å². The van der Waals surface area contributed by atoms with E-state index in [9.17, 15) is 13.2 Å². The van der Waals surface area contributed by atoms with Gasteiger partial charge in [-0.2, -0.15) is 8.42 Å². The average Bonchev–Trinajstić information content (AvgIpc) is 2.09. The monoisotopic (exact) mass is 294 g/mol. The van der Waals surface area contributed by atoms with Gasteiger partial charge in [-0.3, -0.25) is 8.98 Å². The lowest BCUT2D eigenvalue weighted by Crippen LogP contribution is -2.46. The van der Waals surface area contributed by atoms with E-state index in [-0.39, 0.29) is 31.1 Å². The lowest BCUT2D eigenvalue weighted by Gasteiger charge is -2.35. The minimum absolute atomic E-state index is 0.101. The highest BCUT2D eigenvalue weighted by Crippen LogP contribution is 2.27. The SMILES string of the molecule is CC(C)(C)OC(=O)CNC1CC(COS(N)(=O)=O)C1. The van der Waals surface area contributed by atoms with E-state index in [0.717, 1.165) is 12.8 Å². The second kappa shape index (κ2) is 6.17. The Hall–Kier alpha value is -0.700. The maximum atomic E-state index is 11.4. The summed E-state index contributed by atoms with van der Waals surface area (Å²) < 4.78 is 30.8. The van der Waals surface area contributed by atoms with E-state index in [1.165, 1.54) is 0 Å². The third kappa shape index (κ3) is 7.46. The number of carbonyl (C=O) groups is 1. The van der Waals surface area contributed by atoms with Crippen LogP contribution in [0.25, 0.3) is 0 Å². The number of hydrogen-bond donors (Lipinski definition) is 2. The molecule has 1 aliphatic rings. The number of carbonyl (C=O) groups excluding carboxylic acids is 1. The van der Waals surface area contributed by atoms with Crippen molar-refractivity contribution in [3.05, 3.63) is 0 Å². The van der Waals surface area contributed by atoms with Crippen molar-refractivity contribution < 1.29 is 22.1 Å². The van der Waals surface area contributed by atoms with Crippen molar-refractivity contribution >= 4 is 16.3 Å². The van der Waals surface area contributed by atoms with Crippen LogP contribution in [-0.2, 0) is 24.0 Å². The highest BCUT2D eigenvalue weighted by atomic mass is 32.2. The van der Waals surface area contributed by atoms with Crippen molar-refractivity contribution in [1.82, 2.24) is 5.32 Å². The minimum Gasteiger partial charge on any atom is -0.459 e. The summed E-state index contributed by atoms with van der Waals surface area (Å²) in [6, 6.07) is 0.196. The van der Waals surface area contributed by atoms with Gasteiger partial charge in [0, 0.05) is 6.04 Å². The largest absolute Gasteiger partial charge is 0.459 e. The fourth-order valence-corrected chi connectivity index (χ4v) is 2.22. The van der Waals surface area contributed by atoms with Crippen molar-refractivity contribution in [2.75, 3.05) is 13.2 Å². The van der Waals surface area contributed by atoms with Gasteiger partial charge in [-0.1, -0.05) is 0 Å². The number of nitrogens with one attached hydrogen (secondary N) is 1. The molecule has 1 saturated carbocycles. The molecule has 0 heterocycles. The molecule has 0 aromatic rings.